The molecule has 17 heavy (non-hydrogen) atoms. The van der Waals surface area contributed by atoms with Crippen LogP contribution in [0.15, 0.2) is 0 Å². The number of piperidine rings is 1. The summed E-state index contributed by atoms with van der Waals surface area (Å²) in [5.41, 5.74) is 0.510. The Bertz CT molecular complexity index is 240. The molecule has 0 aromatic rings. The van der Waals surface area contributed by atoms with Crippen LogP contribution in [-0.4, -0.2) is 48.1 Å². The molecule has 0 N–H and O–H groups in total. The van der Waals surface area contributed by atoms with Crippen molar-refractivity contribution in [3.8, 4) is 0 Å². The minimum atomic E-state index is 0.510. The van der Waals surface area contributed by atoms with E-state index in [1.807, 2.05) is 0 Å². The van der Waals surface area contributed by atoms with E-state index < -0.39 is 0 Å². The van der Waals surface area contributed by atoms with Gasteiger partial charge in [0.05, 0.1) is 0 Å². The van der Waals surface area contributed by atoms with Crippen molar-refractivity contribution in [1.82, 2.24) is 9.80 Å². The van der Waals surface area contributed by atoms with Gasteiger partial charge >= 0.3 is 0 Å². The van der Waals surface area contributed by atoms with E-state index in [0.717, 1.165) is 18.0 Å². The van der Waals surface area contributed by atoms with Crippen LogP contribution < -0.4 is 0 Å². The lowest BCUT2D eigenvalue weighted by Gasteiger charge is -2.50. The molecular formula is C15H30N2. The van der Waals surface area contributed by atoms with Crippen molar-refractivity contribution in [1.29, 1.82) is 0 Å². The fraction of sp³-hybridized carbons (Fsp3) is 1.00. The van der Waals surface area contributed by atoms with E-state index in [2.05, 4.69) is 44.4 Å². The zero-order valence-corrected chi connectivity index (χ0v) is 12.4. The Hall–Kier alpha value is -0.0800. The third kappa shape index (κ3) is 3.03. The summed E-state index contributed by atoms with van der Waals surface area (Å²) in [4.78, 5) is 5.32. The SMILES string of the molecule is CC(C)N1CC(N2CCC(C(C)(C)C)CC2)C1. The van der Waals surface area contributed by atoms with Gasteiger partial charge in [-0.2, -0.15) is 0 Å². The van der Waals surface area contributed by atoms with Crippen LogP contribution in [0, 0.1) is 11.3 Å². The Balaban J connectivity index is 1.74. The maximum atomic E-state index is 2.74. The fourth-order valence-corrected chi connectivity index (χ4v) is 3.27. The van der Waals surface area contributed by atoms with E-state index in [0.29, 0.717) is 5.41 Å². The zero-order valence-electron chi connectivity index (χ0n) is 12.4. The van der Waals surface area contributed by atoms with E-state index in [4.69, 9.17) is 0 Å². The predicted octanol–water partition coefficient (Wildman–Crippen LogP) is 2.84. The average molecular weight is 238 g/mol. The molecule has 0 aliphatic carbocycles. The number of nitrogens with zero attached hydrogens (tertiary/aromatic N) is 2. The standard InChI is InChI=1S/C15H30N2/c1-12(2)17-10-14(11-17)16-8-6-13(7-9-16)15(3,4)5/h12-14H,6-11H2,1-5H3. The van der Waals surface area contributed by atoms with Gasteiger partial charge in [0.15, 0.2) is 0 Å². The van der Waals surface area contributed by atoms with E-state index in [1.165, 1.54) is 39.0 Å². The lowest BCUT2D eigenvalue weighted by molar-refractivity contribution is -0.0120. The van der Waals surface area contributed by atoms with Crippen LogP contribution in [-0.2, 0) is 0 Å². The van der Waals surface area contributed by atoms with Gasteiger partial charge in [-0.3, -0.25) is 9.80 Å². The second kappa shape index (κ2) is 4.89. The number of hydrogen-bond donors (Lipinski definition) is 0. The number of likely N-dealkylation sites (tertiary alicyclic amines) is 2. The maximum Gasteiger partial charge on any atom is 0.0350 e. The van der Waals surface area contributed by atoms with Gasteiger partial charge in [0.2, 0.25) is 0 Å². The van der Waals surface area contributed by atoms with Crippen molar-refractivity contribution >= 4 is 0 Å². The van der Waals surface area contributed by atoms with Crippen LogP contribution in [0.3, 0.4) is 0 Å². The lowest BCUT2D eigenvalue weighted by atomic mass is 9.75. The Kier molecular flexibility index (Phi) is 3.84. The molecule has 0 atom stereocenters. The molecule has 0 amide bonds. The van der Waals surface area contributed by atoms with Gasteiger partial charge in [0.25, 0.3) is 0 Å². The van der Waals surface area contributed by atoms with Gasteiger partial charge in [-0.05, 0) is 51.1 Å². The molecule has 2 aliphatic rings. The summed E-state index contributed by atoms with van der Waals surface area (Å²) in [6.07, 6.45) is 2.81. The van der Waals surface area contributed by atoms with E-state index in [-0.39, 0.29) is 0 Å². The van der Waals surface area contributed by atoms with Gasteiger partial charge in [0, 0.05) is 25.2 Å². The highest BCUT2D eigenvalue weighted by Gasteiger charge is 2.36. The zero-order chi connectivity index (χ0) is 12.6. The molecule has 0 saturated carbocycles. The van der Waals surface area contributed by atoms with Gasteiger partial charge in [-0.25, -0.2) is 0 Å². The molecule has 2 saturated heterocycles. The first-order valence-electron chi connectivity index (χ1n) is 7.36. The van der Waals surface area contributed by atoms with E-state index in [1.54, 1.807) is 0 Å². The minimum Gasteiger partial charge on any atom is -0.298 e. The topological polar surface area (TPSA) is 6.48 Å². The minimum absolute atomic E-state index is 0.510. The highest BCUT2D eigenvalue weighted by molar-refractivity contribution is 4.92. The first-order chi connectivity index (χ1) is 7.88. The summed E-state index contributed by atoms with van der Waals surface area (Å²) in [7, 11) is 0. The van der Waals surface area contributed by atoms with Crippen LogP contribution in [0.5, 0.6) is 0 Å². The van der Waals surface area contributed by atoms with E-state index in [9.17, 15) is 0 Å². The monoisotopic (exact) mass is 238 g/mol. The fourth-order valence-electron chi connectivity index (χ4n) is 3.27. The summed E-state index contributed by atoms with van der Waals surface area (Å²) in [6, 6.07) is 1.59. The predicted molar refractivity (Wildman–Crippen MR) is 74.2 cm³/mol. The molecule has 0 aromatic heterocycles. The molecule has 0 unspecified atom stereocenters. The summed E-state index contributed by atoms with van der Waals surface area (Å²) < 4.78 is 0. The Morgan fingerprint density at radius 1 is 1.00 bits per heavy atom. The average Bonchev–Trinajstić information content (AvgIpc) is 2.14. The molecule has 0 aromatic carbocycles. The summed E-state index contributed by atoms with van der Waals surface area (Å²) >= 11 is 0. The smallest absolute Gasteiger partial charge is 0.0350 e. The Labute approximate surface area is 107 Å². The first-order valence-corrected chi connectivity index (χ1v) is 7.36. The summed E-state index contributed by atoms with van der Waals surface area (Å²) in [5.74, 6) is 0.931. The van der Waals surface area contributed by atoms with Gasteiger partial charge in [0.1, 0.15) is 0 Å². The molecule has 0 radical (unpaired) electrons. The van der Waals surface area contributed by atoms with Crippen molar-refractivity contribution in [2.75, 3.05) is 26.2 Å². The molecule has 100 valence electrons. The Morgan fingerprint density at radius 2 is 1.53 bits per heavy atom. The molecule has 0 bridgehead atoms. The first kappa shape index (κ1) is 13.4. The molecule has 2 fully saturated rings. The molecule has 2 heteroatoms. The van der Waals surface area contributed by atoms with Crippen molar-refractivity contribution in [2.45, 2.75) is 59.5 Å². The highest BCUT2D eigenvalue weighted by Crippen LogP contribution is 2.35. The Morgan fingerprint density at radius 3 is 1.94 bits per heavy atom. The van der Waals surface area contributed by atoms with Gasteiger partial charge in [-0.1, -0.05) is 20.8 Å². The highest BCUT2D eigenvalue weighted by atomic mass is 15.3. The number of rotatable bonds is 2. The van der Waals surface area contributed by atoms with Crippen LogP contribution >= 0.6 is 0 Å². The van der Waals surface area contributed by atoms with Crippen molar-refractivity contribution < 1.29 is 0 Å². The molecule has 2 aliphatic heterocycles. The second-order valence-corrected chi connectivity index (χ2v) is 7.38. The van der Waals surface area contributed by atoms with Crippen LogP contribution in [0.1, 0.15) is 47.5 Å². The second-order valence-electron chi connectivity index (χ2n) is 7.38. The third-order valence-electron chi connectivity index (χ3n) is 4.89. The number of hydrogen-bond acceptors (Lipinski definition) is 2. The van der Waals surface area contributed by atoms with Crippen molar-refractivity contribution in [2.24, 2.45) is 11.3 Å². The van der Waals surface area contributed by atoms with E-state index >= 15 is 0 Å². The molecule has 2 rings (SSSR count). The quantitative estimate of drug-likeness (QED) is 0.730. The molecule has 2 heterocycles. The summed E-state index contributed by atoms with van der Waals surface area (Å²) in [5, 5.41) is 0. The molecular weight excluding hydrogens is 208 g/mol. The third-order valence-corrected chi connectivity index (χ3v) is 4.89. The summed E-state index contributed by atoms with van der Waals surface area (Å²) in [6.45, 7) is 17.1. The molecule has 0 spiro atoms. The maximum absolute atomic E-state index is 2.74. The largest absolute Gasteiger partial charge is 0.298 e. The van der Waals surface area contributed by atoms with Gasteiger partial charge < -0.3 is 0 Å². The van der Waals surface area contributed by atoms with Crippen LogP contribution in [0.2, 0.25) is 0 Å². The van der Waals surface area contributed by atoms with Crippen molar-refractivity contribution in [3.05, 3.63) is 0 Å². The van der Waals surface area contributed by atoms with Crippen molar-refractivity contribution in [3.63, 3.8) is 0 Å². The molecule has 2 nitrogen and oxygen atoms in total. The normalized spacial score (nSPS) is 26.5. The van der Waals surface area contributed by atoms with Crippen LogP contribution in [0.4, 0.5) is 0 Å². The van der Waals surface area contributed by atoms with Gasteiger partial charge in [-0.15, -0.1) is 0 Å². The van der Waals surface area contributed by atoms with Crippen LogP contribution in [0.25, 0.3) is 0 Å². The lowest BCUT2D eigenvalue weighted by Crippen LogP contribution is -2.62.